The van der Waals surface area contributed by atoms with Crippen LogP contribution >= 0.6 is 0 Å². The van der Waals surface area contributed by atoms with Crippen molar-refractivity contribution in [3.8, 4) is 0 Å². The van der Waals surface area contributed by atoms with Gasteiger partial charge in [0.1, 0.15) is 0 Å². The van der Waals surface area contributed by atoms with Crippen LogP contribution in [0.1, 0.15) is 69.1 Å². The summed E-state index contributed by atoms with van der Waals surface area (Å²) in [5, 5.41) is 7.63. The molecule has 17 heavy (non-hydrogen) atoms. The average Bonchev–Trinajstić information content (AvgIpc) is 2.98. The van der Waals surface area contributed by atoms with E-state index in [1.165, 1.54) is 32.1 Å². The van der Waals surface area contributed by atoms with E-state index in [-0.39, 0.29) is 0 Å². The van der Waals surface area contributed by atoms with E-state index in [0.717, 1.165) is 30.6 Å². The van der Waals surface area contributed by atoms with Gasteiger partial charge in [0.05, 0.1) is 6.04 Å². The summed E-state index contributed by atoms with van der Waals surface area (Å²) >= 11 is 0. The third-order valence-electron chi connectivity index (χ3n) is 4.13. The van der Waals surface area contributed by atoms with E-state index >= 15 is 0 Å². The van der Waals surface area contributed by atoms with Crippen molar-refractivity contribution in [2.24, 2.45) is 5.92 Å². The highest BCUT2D eigenvalue weighted by Crippen LogP contribution is 2.37. The molecule has 0 radical (unpaired) electrons. The van der Waals surface area contributed by atoms with Gasteiger partial charge in [-0.05, 0) is 44.6 Å². The highest BCUT2D eigenvalue weighted by atomic mass is 16.5. The Balaban J connectivity index is 1.69. The lowest BCUT2D eigenvalue weighted by Crippen LogP contribution is -2.27. The van der Waals surface area contributed by atoms with Crippen LogP contribution in [0.3, 0.4) is 0 Å². The molecule has 1 saturated carbocycles. The van der Waals surface area contributed by atoms with Gasteiger partial charge in [0.25, 0.3) is 0 Å². The number of nitrogens with one attached hydrogen (secondary N) is 1. The van der Waals surface area contributed by atoms with Gasteiger partial charge in [0.2, 0.25) is 5.89 Å². The number of rotatable bonds is 2. The van der Waals surface area contributed by atoms with Gasteiger partial charge in [-0.3, -0.25) is 0 Å². The maximum absolute atomic E-state index is 5.43. The lowest BCUT2D eigenvalue weighted by Gasteiger charge is -2.19. The molecule has 4 nitrogen and oxygen atoms in total. The third kappa shape index (κ3) is 2.37. The van der Waals surface area contributed by atoms with Crippen LogP contribution < -0.4 is 5.32 Å². The summed E-state index contributed by atoms with van der Waals surface area (Å²) in [6, 6.07) is 0.295. The molecule has 2 heterocycles. The zero-order valence-electron chi connectivity index (χ0n) is 10.5. The minimum absolute atomic E-state index is 0.295. The zero-order chi connectivity index (χ0) is 11.7. The van der Waals surface area contributed by atoms with Crippen molar-refractivity contribution in [3.63, 3.8) is 0 Å². The van der Waals surface area contributed by atoms with Crippen molar-refractivity contribution in [1.29, 1.82) is 0 Å². The lowest BCUT2D eigenvalue weighted by atomic mass is 10.0. The average molecular weight is 235 g/mol. The predicted octanol–water partition coefficient (Wildman–Crippen LogP) is 2.79. The van der Waals surface area contributed by atoms with Gasteiger partial charge < -0.3 is 9.84 Å². The number of nitrogens with zero attached hydrogens (tertiary/aromatic N) is 2. The molecule has 1 aromatic rings. The molecule has 0 aromatic carbocycles. The first-order chi connectivity index (χ1) is 8.33. The number of piperidine rings is 1. The van der Waals surface area contributed by atoms with E-state index in [2.05, 4.69) is 22.4 Å². The molecule has 0 bridgehead atoms. The molecule has 3 rings (SSSR count). The van der Waals surface area contributed by atoms with Gasteiger partial charge in [0.15, 0.2) is 5.82 Å². The molecule has 1 aliphatic heterocycles. The maximum atomic E-state index is 5.43. The van der Waals surface area contributed by atoms with Crippen LogP contribution in [0.5, 0.6) is 0 Å². The van der Waals surface area contributed by atoms with Crippen LogP contribution in [0.4, 0.5) is 0 Å². The Bertz CT molecular complexity index is 351. The van der Waals surface area contributed by atoms with E-state index in [1.807, 2.05) is 0 Å². The number of hydrogen-bond acceptors (Lipinski definition) is 4. The van der Waals surface area contributed by atoms with Gasteiger partial charge in [-0.2, -0.15) is 4.98 Å². The molecule has 0 spiro atoms. The van der Waals surface area contributed by atoms with E-state index in [0.29, 0.717) is 12.0 Å². The largest absolute Gasteiger partial charge is 0.338 e. The summed E-state index contributed by atoms with van der Waals surface area (Å²) in [7, 11) is 0. The molecule has 1 aromatic heterocycles. The summed E-state index contributed by atoms with van der Waals surface area (Å²) in [5.74, 6) is 3.09. The molecule has 2 fully saturated rings. The van der Waals surface area contributed by atoms with Gasteiger partial charge >= 0.3 is 0 Å². The molecule has 1 aliphatic carbocycles. The molecule has 4 heteroatoms. The quantitative estimate of drug-likeness (QED) is 0.856. The highest BCUT2D eigenvalue weighted by Gasteiger charge is 2.28. The molecular weight excluding hydrogens is 214 g/mol. The van der Waals surface area contributed by atoms with E-state index in [4.69, 9.17) is 4.52 Å². The zero-order valence-corrected chi connectivity index (χ0v) is 10.5. The van der Waals surface area contributed by atoms with Crippen LogP contribution in [0.15, 0.2) is 4.52 Å². The SMILES string of the molecule is CC1CCC(c2noc(C3CCCCN3)n2)C1. The lowest BCUT2D eigenvalue weighted by molar-refractivity contribution is 0.295. The Morgan fingerprint density at radius 3 is 2.88 bits per heavy atom. The van der Waals surface area contributed by atoms with Gasteiger partial charge in [-0.15, -0.1) is 0 Å². The fourth-order valence-electron chi connectivity index (χ4n) is 3.06. The van der Waals surface area contributed by atoms with Crippen LogP contribution in [-0.2, 0) is 0 Å². The summed E-state index contributed by atoms with van der Waals surface area (Å²) in [5.41, 5.74) is 0. The fraction of sp³-hybridized carbons (Fsp3) is 0.846. The van der Waals surface area contributed by atoms with Crippen molar-refractivity contribution in [3.05, 3.63) is 11.7 Å². The smallest absolute Gasteiger partial charge is 0.243 e. The monoisotopic (exact) mass is 235 g/mol. The first kappa shape index (κ1) is 11.2. The second-order valence-corrected chi connectivity index (χ2v) is 5.61. The van der Waals surface area contributed by atoms with Crippen LogP contribution in [0, 0.1) is 5.92 Å². The molecule has 3 unspecified atom stereocenters. The van der Waals surface area contributed by atoms with E-state index in [1.54, 1.807) is 0 Å². The standard InChI is InChI=1S/C13H21N3O/c1-9-5-6-10(8-9)12-15-13(17-16-12)11-4-2-3-7-14-11/h9-11,14H,2-8H2,1H3. The Hall–Kier alpha value is -0.900. The normalized spacial score (nSPS) is 34.1. The minimum atomic E-state index is 0.295. The van der Waals surface area contributed by atoms with Crippen molar-refractivity contribution < 1.29 is 4.52 Å². The first-order valence-electron chi connectivity index (χ1n) is 6.90. The van der Waals surface area contributed by atoms with Gasteiger partial charge in [-0.1, -0.05) is 18.5 Å². The molecule has 0 amide bonds. The Morgan fingerprint density at radius 1 is 1.24 bits per heavy atom. The summed E-state index contributed by atoms with van der Waals surface area (Å²) < 4.78 is 5.43. The third-order valence-corrected chi connectivity index (χ3v) is 4.13. The second-order valence-electron chi connectivity index (χ2n) is 5.61. The molecule has 2 aliphatic rings. The van der Waals surface area contributed by atoms with Crippen LogP contribution in [0.25, 0.3) is 0 Å². The highest BCUT2D eigenvalue weighted by molar-refractivity contribution is 5.01. The topological polar surface area (TPSA) is 51.0 Å². The fourth-order valence-corrected chi connectivity index (χ4v) is 3.06. The summed E-state index contributed by atoms with van der Waals surface area (Å²) in [6.07, 6.45) is 7.39. The van der Waals surface area contributed by atoms with E-state index in [9.17, 15) is 0 Å². The van der Waals surface area contributed by atoms with Crippen molar-refractivity contribution in [1.82, 2.24) is 15.5 Å². The Labute approximate surface area is 102 Å². The van der Waals surface area contributed by atoms with Crippen LogP contribution in [0.2, 0.25) is 0 Å². The van der Waals surface area contributed by atoms with Crippen molar-refractivity contribution in [2.75, 3.05) is 6.54 Å². The number of aromatic nitrogens is 2. The molecule has 3 atom stereocenters. The van der Waals surface area contributed by atoms with E-state index < -0.39 is 0 Å². The summed E-state index contributed by atoms with van der Waals surface area (Å²) in [4.78, 5) is 4.61. The second kappa shape index (κ2) is 4.77. The van der Waals surface area contributed by atoms with Crippen molar-refractivity contribution in [2.45, 2.75) is 57.4 Å². The molecule has 94 valence electrons. The molecular formula is C13H21N3O. The van der Waals surface area contributed by atoms with Gasteiger partial charge in [-0.25, -0.2) is 0 Å². The van der Waals surface area contributed by atoms with Gasteiger partial charge in [0, 0.05) is 5.92 Å². The molecule has 1 saturated heterocycles. The van der Waals surface area contributed by atoms with Crippen molar-refractivity contribution >= 4 is 0 Å². The maximum Gasteiger partial charge on any atom is 0.243 e. The number of hydrogen-bond donors (Lipinski definition) is 1. The minimum Gasteiger partial charge on any atom is -0.338 e. The van der Waals surface area contributed by atoms with Crippen LogP contribution in [-0.4, -0.2) is 16.7 Å². The first-order valence-corrected chi connectivity index (χ1v) is 6.90. The Kier molecular flexibility index (Phi) is 3.14. The summed E-state index contributed by atoms with van der Waals surface area (Å²) in [6.45, 7) is 3.38. The predicted molar refractivity (Wildman–Crippen MR) is 64.6 cm³/mol. The Morgan fingerprint density at radius 2 is 2.18 bits per heavy atom. The molecule has 1 N–H and O–H groups in total.